The van der Waals surface area contributed by atoms with Crippen LogP contribution in [0.15, 0.2) is 42.5 Å². The van der Waals surface area contributed by atoms with Crippen LogP contribution in [-0.4, -0.2) is 37.2 Å². The summed E-state index contributed by atoms with van der Waals surface area (Å²) in [5.41, 5.74) is 3.25. The summed E-state index contributed by atoms with van der Waals surface area (Å²) in [5.74, 6) is 1.44. The minimum atomic E-state index is -0.0388. The van der Waals surface area contributed by atoms with Gasteiger partial charge in [0.2, 0.25) is 12.7 Å². The summed E-state index contributed by atoms with van der Waals surface area (Å²) < 4.78 is 10.7. The highest BCUT2D eigenvalue weighted by molar-refractivity contribution is 5.81. The molecule has 0 unspecified atom stereocenters. The zero-order valence-electron chi connectivity index (χ0n) is 17.7. The summed E-state index contributed by atoms with van der Waals surface area (Å²) in [5, 5.41) is 6.28. The van der Waals surface area contributed by atoms with E-state index in [1.807, 2.05) is 24.3 Å². The Bertz CT molecular complexity index is 865. The van der Waals surface area contributed by atoms with E-state index in [0.29, 0.717) is 12.6 Å². The number of carbonyl (C=O) groups is 1. The number of nitrogens with one attached hydrogen (secondary N) is 2. The van der Waals surface area contributed by atoms with Crippen LogP contribution in [0.25, 0.3) is 0 Å². The maximum absolute atomic E-state index is 12.4. The molecule has 1 amide bonds. The normalized spacial score (nSPS) is 15.9. The van der Waals surface area contributed by atoms with Gasteiger partial charge in [-0.15, -0.1) is 0 Å². The number of carbonyl (C=O) groups excluding carboxylic acids is 1. The Morgan fingerprint density at radius 3 is 2.73 bits per heavy atom. The number of hydrogen-bond acceptors (Lipinski definition) is 5. The monoisotopic (exact) mass is 409 g/mol. The van der Waals surface area contributed by atoms with Gasteiger partial charge in [-0.2, -0.15) is 0 Å². The number of hydrogen-bond donors (Lipinski definition) is 2. The summed E-state index contributed by atoms with van der Waals surface area (Å²) >= 11 is 0. The van der Waals surface area contributed by atoms with Crippen LogP contribution >= 0.6 is 0 Å². The second kappa shape index (κ2) is 9.85. The highest BCUT2D eigenvalue weighted by atomic mass is 16.7. The second-order valence-corrected chi connectivity index (χ2v) is 8.18. The molecule has 30 heavy (non-hydrogen) atoms. The van der Waals surface area contributed by atoms with Gasteiger partial charge in [-0.1, -0.05) is 43.5 Å². The smallest absolute Gasteiger partial charge is 0.239 e. The van der Waals surface area contributed by atoms with E-state index in [9.17, 15) is 4.79 Å². The zero-order valence-corrected chi connectivity index (χ0v) is 17.7. The molecule has 1 fully saturated rings. The van der Waals surface area contributed by atoms with Crippen molar-refractivity contribution in [2.45, 2.75) is 51.2 Å². The summed E-state index contributed by atoms with van der Waals surface area (Å²) in [4.78, 5) is 14.8. The van der Waals surface area contributed by atoms with E-state index in [2.05, 4.69) is 40.8 Å². The van der Waals surface area contributed by atoms with Crippen LogP contribution in [0.3, 0.4) is 0 Å². The average molecular weight is 410 g/mol. The number of rotatable bonds is 8. The molecule has 0 aromatic heterocycles. The fourth-order valence-corrected chi connectivity index (χ4v) is 4.24. The molecule has 1 aliphatic carbocycles. The Morgan fingerprint density at radius 1 is 1.07 bits per heavy atom. The third-order valence-corrected chi connectivity index (χ3v) is 6.00. The Balaban J connectivity index is 1.27. The molecule has 2 aliphatic rings. The number of amides is 1. The van der Waals surface area contributed by atoms with Gasteiger partial charge in [0.1, 0.15) is 0 Å². The lowest BCUT2D eigenvalue weighted by Crippen LogP contribution is -2.33. The van der Waals surface area contributed by atoms with Gasteiger partial charge in [-0.05, 0) is 49.2 Å². The molecule has 0 bridgehead atoms. The number of para-hydroxylation sites is 1. The fourth-order valence-electron chi connectivity index (χ4n) is 4.24. The quantitative estimate of drug-likeness (QED) is 0.692. The zero-order chi connectivity index (χ0) is 20.8. The second-order valence-electron chi connectivity index (χ2n) is 8.18. The molecule has 0 atom stereocenters. The van der Waals surface area contributed by atoms with E-state index in [1.165, 1.54) is 37.7 Å². The van der Waals surface area contributed by atoms with Crippen LogP contribution in [0.4, 0.5) is 5.69 Å². The first-order chi connectivity index (χ1) is 14.7. The molecule has 4 rings (SSSR count). The molecule has 2 aromatic carbocycles. The highest BCUT2D eigenvalue weighted by Gasteiger charge is 2.19. The van der Waals surface area contributed by atoms with Gasteiger partial charge in [-0.3, -0.25) is 9.69 Å². The summed E-state index contributed by atoms with van der Waals surface area (Å²) in [7, 11) is 2.21. The molecule has 0 saturated heterocycles. The lowest BCUT2D eigenvalue weighted by Gasteiger charge is -2.31. The maximum atomic E-state index is 12.4. The first-order valence-electron chi connectivity index (χ1n) is 10.9. The lowest BCUT2D eigenvalue weighted by molar-refractivity contribution is -0.119. The van der Waals surface area contributed by atoms with Gasteiger partial charge < -0.3 is 20.1 Å². The Labute approximate surface area is 178 Å². The number of anilines is 1. The van der Waals surface area contributed by atoms with Gasteiger partial charge in [0.05, 0.1) is 6.54 Å². The van der Waals surface area contributed by atoms with E-state index in [1.54, 1.807) is 0 Å². The third-order valence-electron chi connectivity index (χ3n) is 6.00. The standard InChI is InChI=1S/C24H31N3O3/c1-27(20-8-3-2-4-9-20)16-19-7-5-6-10-21(19)25-15-24(28)26-14-18-11-12-22-23(13-18)30-17-29-22/h5-7,10-13,20,25H,2-4,8-9,14-17H2,1H3,(H,26,28). The molecule has 0 spiro atoms. The molecule has 1 saturated carbocycles. The molecular formula is C24H31N3O3. The van der Waals surface area contributed by atoms with Crippen LogP contribution in [-0.2, 0) is 17.9 Å². The van der Waals surface area contributed by atoms with Crippen molar-refractivity contribution in [1.82, 2.24) is 10.2 Å². The van der Waals surface area contributed by atoms with Crippen molar-refractivity contribution in [2.24, 2.45) is 0 Å². The van der Waals surface area contributed by atoms with Gasteiger partial charge in [0, 0.05) is 24.8 Å². The minimum Gasteiger partial charge on any atom is -0.454 e. The van der Waals surface area contributed by atoms with Crippen molar-refractivity contribution in [3.63, 3.8) is 0 Å². The molecule has 6 heteroatoms. The first-order valence-corrected chi connectivity index (χ1v) is 10.9. The van der Waals surface area contributed by atoms with Gasteiger partial charge >= 0.3 is 0 Å². The molecule has 1 aliphatic heterocycles. The number of ether oxygens (including phenoxy) is 2. The first kappa shape index (κ1) is 20.5. The van der Waals surface area contributed by atoms with E-state index in [-0.39, 0.29) is 19.2 Å². The van der Waals surface area contributed by atoms with Crippen LogP contribution in [0.5, 0.6) is 11.5 Å². The topological polar surface area (TPSA) is 62.8 Å². The van der Waals surface area contributed by atoms with E-state index < -0.39 is 0 Å². The third kappa shape index (κ3) is 5.25. The van der Waals surface area contributed by atoms with Crippen molar-refractivity contribution in [3.05, 3.63) is 53.6 Å². The predicted octanol–water partition coefficient (Wildman–Crippen LogP) is 3.91. The largest absolute Gasteiger partial charge is 0.454 e. The maximum Gasteiger partial charge on any atom is 0.239 e. The predicted molar refractivity (Wildman–Crippen MR) is 118 cm³/mol. The van der Waals surface area contributed by atoms with Crippen molar-refractivity contribution < 1.29 is 14.3 Å². The molecular weight excluding hydrogens is 378 g/mol. The van der Waals surface area contributed by atoms with Crippen molar-refractivity contribution in [3.8, 4) is 11.5 Å². The molecule has 2 aromatic rings. The number of fused-ring (bicyclic) bond motifs is 1. The van der Waals surface area contributed by atoms with Gasteiger partial charge in [0.25, 0.3) is 0 Å². The highest BCUT2D eigenvalue weighted by Crippen LogP contribution is 2.32. The average Bonchev–Trinajstić information content (AvgIpc) is 3.25. The molecule has 0 radical (unpaired) electrons. The Hall–Kier alpha value is -2.73. The van der Waals surface area contributed by atoms with Crippen molar-refractivity contribution in [2.75, 3.05) is 25.7 Å². The lowest BCUT2D eigenvalue weighted by atomic mass is 9.94. The molecule has 2 N–H and O–H groups in total. The van der Waals surface area contributed by atoms with E-state index >= 15 is 0 Å². The molecule has 6 nitrogen and oxygen atoms in total. The van der Waals surface area contributed by atoms with Crippen LogP contribution in [0.2, 0.25) is 0 Å². The molecule has 160 valence electrons. The number of nitrogens with zero attached hydrogens (tertiary/aromatic N) is 1. The van der Waals surface area contributed by atoms with Crippen LogP contribution in [0.1, 0.15) is 43.2 Å². The Kier molecular flexibility index (Phi) is 6.74. The van der Waals surface area contributed by atoms with E-state index in [0.717, 1.165) is 29.3 Å². The molecule has 1 heterocycles. The van der Waals surface area contributed by atoms with Gasteiger partial charge in [0.15, 0.2) is 11.5 Å². The summed E-state index contributed by atoms with van der Waals surface area (Å²) in [6.07, 6.45) is 6.60. The summed E-state index contributed by atoms with van der Waals surface area (Å²) in [6.45, 7) is 1.86. The fraction of sp³-hybridized carbons (Fsp3) is 0.458. The van der Waals surface area contributed by atoms with Crippen molar-refractivity contribution >= 4 is 11.6 Å². The Morgan fingerprint density at radius 2 is 1.87 bits per heavy atom. The van der Waals surface area contributed by atoms with Crippen LogP contribution in [0, 0.1) is 0 Å². The van der Waals surface area contributed by atoms with Gasteiger partial charge in [-0.25, -0.2) is 0 Å². The minimum absolute atomic E-state index is 0.0388. The SMILES string of the molecule is CN(Cc1ccccc1NCC(=O)NCc1ccc2c(c1)OCO2)C1CCCCC1. The van der Waals surface area contributed by atoms with Crippen LogP contribution < -0.4 is 20.1 Å². The van der Waals surface area contributed by atoms with E-state index in [4.69, 9.17) is 9.47 Å². The number of benzene rings is 2. The van der Waals surface area contributed by atoms with Crippen molar-refractivity contribution in [1.29, 1.82) is 0 Å². The summed E-state index contributed by atoms with van der Waals surface area (Å²) in [6, 6.07) is 14.7.